The third-order valence-corrected chi connectivity index (χ3v) is 4.40. The van der Waals surface area contributed by atoms with Crippen LogP contribution >= 0.6 is 11.6 Å². The molecule has 0 saturated carbocycles. The van der Waals surface area contributed by atoms with Gasteiger partial charge in [0.1, 0.15) is 11.5 Å². The molecule has 0 saturated heterocycles. The molecule has 3 rings (SSSR count). The number of nitrogens with zero attached hydrogens (tertiary/aromatic N) is 2. The summed E-state index contributed by atoms with van der Waals surface area (Å²) in [7, 11) is 1.33. The Hall–Kier alpha value is -2.58. The summed E-state index contributed by atoms with van der Waals surface area (Å²) in [5.74, 6) is -0.777. The first-order valence-electron chi connectivity index (χ1n) is 7.77. The van der Waals surface area contributed by atoms with E-state index in [0.29, 0.717) is 10.0 Å². The minimum atomic E-state index is -4.80. The van der Waals surface area contributed by atoms with Crippen LogP contribution in [0.5, 0.6) is 5.75 Å². The standard InChI is InChI=1S/C18H14ClF3N2O3/c1-27-14-5-3-2-4-13(14)16(25)24-17(26,10-15(23-24)18(20,21)22)11-6-8-12(19)9-7-11/h2-9,26H,10H2,1H3. The quantitative estimate of drug-likeness (QED) is 0.851. The molecule has 0 fully saturated rings. The van der Waals surface area contributed by atoms with Gasteiger partial charge in [-0.1, -0.05) is 35.9 Å². The number of para-hydroxylation sites is 1. The molecule has 2 aromatic rings. The van der Waals surface area contributed by atoms with Crippen LogP contribution in [0.25, 0.3) is 0 Å². The second kappa shape index (κ2) is 6.86. The number of rotatable bonds is 3. The number of alkyl halides is 3. The fourth-order valence-electron chi connectivity index (χ4n) is 2.79. The van der Waals surface area contributed by atoms with E-state index in [1.54, 1.807) is 6.07 Å². The zero-order chi connectivity index (χ0) is 19.8. The van der Waals surface area contributed by atoms with Crippen LogP contribution in [-0.4, -0.2) is 35.0 Å². The maximum atomic E-state index is 13.2. The summed E-state index contributed by atoms with van der Waals surface area (Å²) in [5.41, 5.74) is -3.55. The van der Waals surface area contributed by atoms with Crippen molar-refractivity contribution in [2.75, 3.05) is 7.11 Å². The summed E-state index contributed by atoms with van der Waals surface area (Å²) in [6, 6.07) is 11.5. The molecule has 1 heterocycles. The highest BCUT2D eigenvalue weighted by molar-refractivity contribution is 6.30. The van der Waals surface area contributed by atoms with E-state index in [2.05, 4.69) is 5.10 Å². The number of benzene rings is 2. The molecule has 5 nitrogen and oxygen atoms in total. The molecule has 1 atom stereocenters. The van der Waals surface area contributed by atoms with Crippen LogP contribution in [0.3, 0.4) is 0 Å². The number of carbonyl (C=O) groups is 1. The van der Waals surface area contributed by atoms with Gasteiger partial charge in [-0.2, -0.15) is 23.3 Å². The Bertz CT molecular complexity index is 899. The smallest absolute Gasteiger partial charge is 0.431 e. The number of aliphatic hydroxyl groups is 1. The highest BCUT2D eigenvalue weighted by Gasteiger charge is 2.53. The van der Waals surface area contributed by atoms with Gasteiger partial charge in [0.25, 0.3) is 5.91 Å². The van der Waals surface area contributed by atoms with E-state index in [1.165, 1.54) is 49.6 Å². The zero-order valence-corrected chi connectivity index (χ0v) is 14.8. The van der Waals surface area contributed by atoms with Crippen molar-refractivity contribution in [2.45, 2.75) is 18.3 Å². The molecule has 1 aliphatic rings. The van der Waals surface area contributed by atoms with E-state index < -0.39 is 29.9 Å². The molecule has 9 heteroatoms. The zero-order valence-electron chi connectivity index (χ0n) is 14.0. The Morgan fingerprint density at radius 1 is 1.22 bits per heavy atom. The SMILES string of the molecule is COc1ccccc1C(=O)N1N=C(C(F)(F)F)CC1(O)c1ccc(Cl)cc1. The van der Waals surface area contributed by atoms with Crippen molar-refractivity contribution in [3.8, 4) is 5.75 Å². The van der Waals surface area contributed by atoms with Gasteiger partial charge in [0.2, 0.25) is 0 Å². The first kappa shape index (κ1) is 19.2. The van der Waals surface area contributed by atoms with Crippen LogP contribution in [0.4, 0.5) is 13.2 Å². The molecule has 0 aliphatic carbocycles. The summed E-state index contributed by atoms with van der Waals surface area (Å²) < 4.78 is 44.8. The van der Waals surface area contributed by atoms with E-state index >= 15 is 0 Å². The lowest BCUT2D eigenvalue weighted by Crippen LogP contribution is -2.43. The van der Waals surface area contributed by atoms with Gasteiger partial charge < -0.3 is 9.84 Å². The molecule has 0 bridgehead atoms. The summed E-state index contributed by atoms with van der Waals surface area (Å²) in [4.78, 5) is 12.9. The van der Waals surface area contributed by atoms with Gasteiger partial charge in [-0.15, -0.1) is 0 Å². The van der Waals surface area contributed by atoms with E-state index in [-0.39, 0.29) is 16.9 Å². The number of hydrazone groups is 1. The predicted molar refractivity (Wildman–Crippen MR) is 92.6 cm³/mol. The Kier molecular flexibility index (Phi) is 4.88. The maximum absolute atomic E-state index is 13.2. The van der Waals surface area contributed by atoms with Gasteiger partial charge in [-0.3, -0.25) is 4.79 Å². The summed E-state index contributed by atoms with van der Waals surface area (Å²) in [5, 5.41) is 15.2. The first-order chi connectivity index (χ1) is 12.7. The number of amides is 1. The molecule has 0 aromatic heterocycles. The van der Waals surface area contributed by atoms with Crippen LogP contribution in [0.1, 0.15) is 22.3 Å². The third-order valence-electron chi connectivity index (χ3n) is 4.15. The lowest BCUT2D eigenvalue weighted by atomic mass is 9.96. The second-order valence-electron chi connectivity index (χ2n) is 5.86. The number of hydrogen-bond donors (Lipinski definition) is 1. The lowest BCUT2D eigenvalue weighted by Gasteiger charge is -2.31. The number of methoxy groups -OCH3 is 1. The van der Waals surface area contributed by atoms with Crippen LogP contribution < -0.4 is 4.74 Å². The Labute approximate surface area is 157 Å². The third kappa shape index (κ3) is 3.50. The van der Waals surface area contributed by atoms with Crippen molar-refractivity contribution in [2.24, 2.45) is 5.10 Å². The Balaban J connectivity index is 2.11. The molecule has 27 heavy (non-hydrogen) atoms. The van der Waals surface area contributed by atoms with E-state index in [1.807, 2.05) is 0 Å². The number of halogens is 4. The van der Waals surface area contributed by atoms with E-state index in [9.17, 15) is 23.1 Å². The van der Waals surface area contributed by atoms with E-state index in [0.717, 1.165) is 0 Å². The molecular formula is C18H14ClF3N2O3. The average Bonchev–Trinajstić information content (AvgIpc) is 3.00. The highest BCUT2D eigenvalue weighted by Crippen LogP contribution is 2.41. The fourth-order valence-corrected chi connectivity index (χ4v) is 2.92. The number of ether oxygens (including phenoxy) is 1. The van der Waals surface area contributed by atoms with Gasteiger partial charge in [-0.25, -0.2) is 0 Å². The summed E-state index contributed by atoms with van der Waals surface area (Å²) in [6.45, 7) is 0. The van der Waals surface area contributed by atoms with Crippen molar-refractivity contribution >= 4 is 23.2 Å². The topological polar surface area (TPSA) is 62.1 Å². The number of hydrogen-bond acceptors (Lipinski definition) is 4. The van der Waals surface area contributed by atoms with Crippen molar-refractivity contribution in [3.63, 3.8) is 0 Å². The van der Waals surface area contributed by atoms with E-state index in [4.69, 9.17) is 16.3 Å². The average molecular weight is 399 g/mol. The van der Waals surface area contributed by atoms with Crippen molar-refractivity contribution < 1.29 is 27.8 Å². The number of carbonyl (C=O) groups excluding carboxylic acids is 1. The van der Waals surface area contributed by atoms with Crippen LogP contribution in [0.2, 0.25) is 5.02 Å². The molecule has 1 aliphatic heterocycles. The summed E-state index contributed by atoms with van der Waals surface area (Å²) in [6.07, 6.45) is -5.70. The summed E-state index contributed by atoms with van der Waals surface area (Å²) >= 11 is 5.81. The molecule has 0 radical (unpaired) electrons. The molecule has 1 unspecified atom stereocenters. The molecular weight excluding hydrogens is 385 g/mol. The molecule has 142 valence electrons. The van der Waals surface area contributed by atoms with Crippen LogP contribution in [0, 0.1) is 0 Å². The molecule has 1 amide bonds. The van der Waals surface area contributed by atoms with Gasteiger partial charge in [0.15, 0.2) is 5.72 Å². The Morgan fingerprint density at radius 2 is 1.85 bits per heavy atom. The molecule has 0 spiro atoms. The predicted octanol–water partition coefficient (Wildman–Crippen LogP) is 3.96. The van der Waals surface area contributed by atoms with Gasteiger partial charge in [0.05, 0.1) is 19.1 Å². The van der Waals surface area contributed by atoms with Gasteiger partial charge >= 0.3 is 6.18 Å². The van der Waals surface area contributed by atoms with Crippen LogP contribution in [-0.2, 0) is 5.72 Å². The second-order valence-corrected chi connectivity index (χ2v) is 6.30. The minimum absolute atomic E-state index is 0.0282. The maximum Gasteiger partial charge on any atom is 0.431 e. The Morgan fingerprint density at radius 3 is 2.44 bits per heavy atom. The van der Waals surface area contributed by atoms with Gasteiger partial charge in [0, 0.05) is 10.6 Å². The first-order valence-corrected chi connectivity index (χ1v) is 8.15. The van der Waals surface area contributed by atoms with Crippen molar-refractivity contribution in [1.82, 2.24) is 5.01 Å². The van der Waals surface area contributed by atoms with Gasteiger partial charge in [-0.05, 0) is 24.3 Å². The highest BCUT2D eigenvalue weighted by atomic mass is 35.5. The molecule has 2 aromatic carbocycles. The fraction of sp³-hybridized carbons (Fsp3) is 0.222. The normalized spacial score (nSPS) is 19.8. The van der Waals surface area contributed by atoms with Crippen LogP contribution in [0.15, 0.2) is 53.6 Å². The lowest BCUT2D eigenvalue weighted by molar-refractivity contribution is -0.0816. The largest absolute Gasteiger partial charge is 0.496 e. The van der Waals surface area contributed by atoms with Crippen molar-refractivity contribution in [3.05, 3.63) is 64.7 Å². The van der Waals surface area contributed by atoms with Crippen molar-refractivity contribution in [1.29, 1.82) is 0 Å². The minimum Gasteiger partial charge on any atom is -0.496 e. The monoisotopic (exact) mass is 398 g/mol. The molecule has 1 N–H and O–H groups in total.